The predicted octanol–water partition coefficient (Wildman–Crippen LogP) is 1.15. The van der Waals surface area contributed by atoms with E-state index in [1.165, 1.54) is 35.6 Å². The fourth-order valence-electron chi connectivity index (χ4n) is 4.28. The first-order valence-corrected chi connectivity index (χ1v) is 8.19. The van der Waals surface area contributed by atoms with Crippen molar-refractivity contribution in [1.29, 1.82) is 0 Å². The van der Waals surface area contributed by atoms with E-state index < -0.39 is 0 Å². The third-order valence-electron chi connectivity index (χ3n) is 5.38. The topological polar surface area (TPSA) is 37.1 Å². The number of quaternary nitrogens is 1. The molecule has 0 unspecified atom stereocenters. The lowest BCUT2D eigenvalue weighted by atomic mass is 9.78. The second-order valence-corrected chi connectivity index (χ2v) is 6.52. The van der Waals surface area contributed by atoms with Crippen LogP contribution in [0.5, 0.6) is 0 Å². The van der Waals surface area contributed by atoms with E-state index in [9.17, 15) is 9.18 Å². The van der Waals surface area contributed by atoms with Crippen molar-refractivity contribution in [3.05, 3.63) is 35.6 Å². The summed E-state index contributed by atoms with van der Waals surface area (Å²) in [7, 11) is 0. The molecule has 5 heteroatoms. The van der Waals surface area contributed by atoms with Crippen molar-refractivity contribution in [3.8, 4) is 0 Å². The quantitative estimate of drug-likeness (QED) is 0.874. The second-order valence-electron chi connectivity index (χ2n) is 6.52. The van der Waals surface area contributed by atoms with Crippen LogP contribution in [0, 0.1) is 11.7 Å². The van der Waals surface area contributed by atoms with E-state index in [-0.39, 0.29) is 23.8 Å². The van der Waals surface area contributed by atoms with Crippen molar-refractivity contribution in [2.24, 2.45) is 11.0 Å². The molecule has 0 saturated carbocycles. The number of carbonyl (C=O) groups excluding carboxylic acids is 1. The van der Waals surface area contributed by atoms with Gasteiger partial charge in [-0.15, -0.1) is 0 Å². The molecule has 4 nitrogen and oxygen atoms in total. The van der Waals surface area contributed by atoms with Crippen molar-refractivity contribution < 1.29 is 14.1 Å². The smallest absolute Gasteiger partial charge is 0.243 e. The highest BCUT2D eigenvalue weighted by Gasteiger charge is 2.54. The van der Waals surface area contributed by atoms with Crippen LogP contribution in [0.1, 0.15) is 37.8 Å². The summed E-state index contributed by atoms with van der Waals surface area (Å²) >= 11 is 0. The highest BCUT2D eigenvalue weighted by Crippen LogP contribution is 2.36. The highest BCUT2D eigenvalue weighted by molar-refractivity contribution is 5.96. The Morgan fingerprint density at radius 1 is 1.32 bits per heavy atom. The van der Waals surface area contributed by atoms with Crippen LogP contribution >= 0.6 is 0 Å². The van der Waals surface area contributed by atoms with Crippen molar-refractivity contribution in [2.75, 3.05) is 13.1 Å². The molecular formula is C17H21FN3O+. The molecule has 22 heavy (non-hydrogen) atoms. The van der Waals surface area contributed by atoms with Crippen LogP contribution in [-0.2, 0) is 4.79 Å². The zero-order valence-electron chi connectivity index (χ0n) is 12.8. The first kappa shape index (κ1) is 13.9. The Labute approximate surface area is 129 Å². The Hall–Kier alpha value is -1.75. The third kappa shape index (κ3) is 1.99. The summed E-state index contributed by atoms with van der Waals surface area (Å²) in [5, 5.41) is 6.41. The third-order valence-corrected chi connectivity index (χ3v) is 5.38. The fourth-order valence-corrected chi connectivity index (χ4v) is 4.28. The maximum absolute atomic E-state index is 13.3. The van der Waals surface area contributed by atoms with E-state index in [2.05, 4.69) is 0 Å². The van der Waals surface area contributed by atoms with Crippen LogP contribution in [0.25, 0.3) is 0 Å². The molecule has 2 atom stereocenters. The number of amides is 1. The molecule has 0 aromatic heterocycles. The molecule has 1 aromatic rings. The minimum Gasteiger partial charge on any atom is -0.326 e. The summed E-state index contributed by atoms with van der Waals surface area (Å²) in [6.45, 7) is 4.17. The number of nitrogens with zero attached hydrogens (tertiary/aromatic N) is 2. The average molecular weight is 302 g/mol. The number of benzene rings is 1. The fraction of sp³-hybridized carbons (Fsp3) is 0.529. The maximum atomic E-state index is 13.3. The molecule has 1 amide bonds. The monoisotopic (exact) mass is 302 g/mol. The van der Waals surface area contributed by atoms with Gasteiger partial charge in [-0.05, 0) is 17.7 Å². The summed E-state index contributed by atoms with van der Waals surface area (Å²) in [6, 6.07) is 6.75. The molecule has 4 aliphatic heterocycles. The molecule has 2 bridgehead atoms. The summed E-state index contributed by atoms with van der Waals surface area (Å²) in [5.41, 5.74) is 2.19. The molecule has 3 saturated heterocycles. The molecule has 0 radical (unpaired) electrons. The molecule has 0 aliphatic carbocycles. The minimum atomic E-state index is -0.242. The summed E-state index contributed by atoms with van der Waals surface area (Å²) < 4.78 is 13.3. The predicted molar refractivity (Wildman–Crippen MR) is 80.9 cm³/mol. The van der Waals surface area contributed by atoms with Crippen molar-refractivity contribution in [3.63, 3.8) is 0 Å². The number of piperidine rings is 3. The zero-order valence-corrected chi connectivity index (χ0v) is 12.8. The van der Waals surface area contributed by atoms with Crippen molar-refractivity contribution >= 4 is 11.6 Å². The lowest BCUT2D eigenvalue weighted by Crippen LogP contribution is -3.20. The van der Waals surface area contributed by atoms with Gasteiger partial charge in [0.1, 0.15) is 17.6 Å². The molecule has 1 aromatic carbocycles. The maximum Gasteiger partial charge on any atom is 0.243 e. The molecule has 5 rings (SSSR count). The van der Waals surface area contributed by atoms with Crippen molar-refractivity contribution in [2.45, 2.75) is 38.3 Å². The van der Waals surface area contributed by atoms with Gasteiger partial charge in [-0.2, -0.15) is 5.10 Å². The molecule has 4 aliphatic rings. The number of halogens is 1. The summed E-state index contributed by atoms with van der Waals surface area (Å²) in [4.78, 5) is 13.9. The van der Waals surface area contributed by atoms with Gasteiger partial charge in [-0.1, -0.05) is 19.1 Å². The lowest BCUT2D eigenvalue weighted by molar-refractivity contribution is -0.927. The largest absolute Gasteiger partial charge is 0.326 e. The Balaban J connectivity index is 1.76. The van der Waals surface area contributed by atoms with Crippen LogP contribution in [0.15, 0.2) is 29.4 Å². The van der Waals surface area contributed by atoms with Gasteiger partial charge in [0, 0.05) is 25.2 Å². The Morgan fingerprint density at radius 3 is 2.64 bits per heavy atom. The van der Waals surface area contributed by atoms with Crippen LogP contribution in [0.2, 0.25) is 0 Å². The first-order valence-electron chi connectivity index (χ1n) is 8.19. The number of carbonyl (C=O) groups is 1. The number of hydrazone groups is 1. The first-order chi connectivity index (χ1) is 10.7. The van der Waals surface area contributed by atoms with Crippen LogP contribution in [0.3, 0.4) is 0 Å². The highest BCUT2D eigenvalue weighted by atomic mass is 19.1. The van der Waals surface area contributed by atoms with E-state index in [0.29, 0.717) is 12.3 Å². The van der Waals surface area contributed by atoms with Crippen molar-refractivity contribution in [1.82, 2.24) is 5.01 Å². The van der Waals surface area contributed by atoms with Gasteiger partial charge in [0.05, 0.1) is 13.1 Å². The second kappa shape index (κ2) is 5.16. The molecule has 3 fully saturated rings. The Morgan fingerprint density at radius 2 is 2.00 bits per heavy atom. The number of hydrogen-bond acceptors (Lipinski definition) is 2. The van der Waals surface area contributed by atoms with Crippen LogP contribution in [0.4, 0.5) is 4.39 Å². The van der Waals surface area contributed by atoms with E-state index in [1.807, 2.05) is 6.92 Å². The number of fused-ring (bicyclic) bond motifs is 2. The van der Waals surface area contributed by atoms with Crippen LogP contribution < -0.4 is 4.90 Å². The SMILES string of the molecule is CCC(=O)N1N=C2C3CC[NH+](CC3)[C@H]2[C@@H]1c1ccc(F)cc1. The lowest BCUT2D eigenvalue weighted by Gasteiger charge is -2.42. The summed E-state index contributed by atoms with van der Waals surface area (Å²) in [5.74, 6) is 0.338. The molecular weight excluding hydrogens is 281 g/mol. The molecule has 116 valence electrons. The minimum absolute atomic E-state index is 0.0521. The normalized spacial score (nSPS) is 32.8. The van der Waals surface area contributed by atoms with Gasteiger partial charge in [0.15, 0.2) is 6.04 Å². The van der Waals surface area contributed by atoms with Crippen LogP contribution in [-0.4, -0.2) is 35.8 Å². The standard InChI is InChI=1S/C17H20FN3O/c1-2-14(22)21-16(12-3-5-13(18)6-4-12)17-15(19-21)11-7-9-20(17)10-8-11/h3-6,11,16-17H,2,7-10H2,1H3/p+1/t16-,17+/m0/s1. The number of nitrogens with one attached hydrogen (secondary N) is 1. The average Bonchev–Trinajstić information content (AvgIpc) is 2.98. The summed E-state index contributed by atoms with van der Waals surface area (Å²) in [6.07, 6.45) is 2.80. The molecule has 1 N–H and O–H groups in total. The van der Waals surface area contributed by atoms with Gasteiger partial charge >= 0.3 is 0 Å². The van der Waals surface area contributed by atoms with E-state index in [0.717, 1.165) is 18.7 Å². The molecule has 0 spiro atoms. The van der Waals surface area contributed by atoms with Gasteiger partial charge in [0.25, 0.3) is 0 Å². The Bertz CT molecular complexity index is 619. The Kier molecular flexibility index (Phi) is 3.26. The number of hydrogen-bond donors (Lipinski definition) is 1. The van der Waals surface area contributed by atoms with Gasteiger partial charge in [-0.3, -0.25) is 4.79 Å². The molecule has 4 heterocycles. The van der Waals surface area contributed by atoms with E-state index >= 15 is 0 Å². The van der Waals surface area contributed by atoms with Gasteiger partial charge in [0.2, 0.25) is 5.91 Å². The van der Waals surface area contributed by atoms with Gasteiger partial charge < -0.3 is 4.90 Å². The zero-order chi connectivity index (χ0) is 15.3. The van der Waals surface area contributed by atoms with Gasteiger partial charge in [-0.25, -0.2) is 9.40 Å². The van der Waals surface area contributed by atoms with E-state index in [1.54, 1.807) is 17.1 Å². The van der Waals surface area contributed by atoms with E-state index in [4.69, 9.17) is 5.10 Å². The number of rotatable bonds is 2.